The normalized spacial score (nSPS) is 20.5. The van der Waals surface area contributed by atoms with E-state index in [1.807, 2.05) is 29.2 Å². The Morgan fingerprint density at radius 2 is 1.96 bits per heavy atom. The predicted octanol–water partition coefficient (Wildman–Crippen LogP) is 4.10. The first kappa shape index (κ1) is 16.7. The number of halogens is 2. The number of para-hydroxylation sites is 1. The Kier molecular flexibility index (Phi) is 4.36. The van der Waals surface area contributed by atoms with Crippen LogP contribution in [-0.4, -0.2) is 37.6 Å². The van der Waals surface area contributed by atoms with Gasteiger partial charge in [0.2, 0.25) is 0 Å². The maximum absolute atomic E-state index is 12.2. The van der Waals surface area contributed by atoms with Gasteiger partial charge >= 0.3 is 6.03 Å². The lowest BCUT2D eigenvalue weighted by molar-refractivity contribution is 0.252. The van der Waals surface area contributed by atoms with Crippen molar-refractivity contribution in [3.8, 4) is 0 Å². The Balaban J connectivity index is 1.85. The van der Waals surface area contributed by atoms with Gasteiger partial charge in [0.1, 0.15) is 0 Å². The molecule has 4 nitrogen and oxygen atoms in total. The van der Waals surface area contributed by atoms with Gasteiger partial charge in [-0.15, -0.1) is 0 Å². The molecule has 2 aromatic carbocycles. The number of hydrogen-bond acceptors (Lipinski definition) is 2. The van der Waals surface area contributed by atoms with E-state index in [2.05, 4.69) is 23.3 Å². The second kappa shape index (κ2) is 6.52. The Bertz CT molecular complexity index is 839. The molecule has 2 aliphatic rings. The zero-order valence-electron chi connectivity index (χ0n) is 13.9. The summed E-state index contributed by atoms with van der Waals surface area (Å²) in [6, 6.07) is 11.9. The van der Waals surface area contributed by atoms with E-state index < -0.39 is 0 Å². The Labute approximate surface area is 157 Å². The van der Waals surface area contributed by atoms with E-state index in [9.17, 15) is 4.79 Å². The maximum atomic E-state index is 12.2. The summed E-state index contributed by atoms with van der Waals surface area (Å²) in [5.41, 5.74) is 4.36. The number of benzene rings is 2. The van der Waals surface area contributed by atoms with Crippen molar-refractivity contribution in [3.05, 3.63) is 63.1 Å². The number of carbonyl (C=O) groups is 1. The van der Waals surface area contributed by atoms with Crippen LogP contribution in [0.3, 0.4) is 0 Å². The number of fused-ring (bicyclic) bond motifs is 1. The van der Waals surface area contributed by atoms with Gasteiger partial charge in [0.15, 0.2) is 0 Å². The third-order valence-corrected chi connectivity index (χ3v) is 5.51. The molecule has 0 spiro atoms. The van der Waals surface area contributed by atoms with Crippen LogP contribution in [0.5, 0.6) is 0 Å². The van der Waals surface area contributed by atoms with Crippen molar-refractivity contribution in [2.24, 2.45) is 0 Å². The highest BCUT2D eigenvalue weighted by Crippen LogP contribution is 2.41. The van der Waals surface area contributed by atoms with E-state index in [4.69, 9.17) is 23.2 Å². The highest BCUT2D eigenvalue weighted by atomic mass is 35.5. The monoisotopic (exact) mass is 375 g/mol. The maximum Gasteiger partial charge on any atom is 0.322 e. The van der Waals surface area contributed by atoms with Crippen LogP contribution in [0, 0.1) is 0 Å². The molecule has 4 rings (SSSR count). The van der Waals surface area contributed by atoms with Crippen molar-refractivity contribution >= 4 is 34.9 Å². The molecule has 25 heavy (non-hydrogen) atoms. The van der Waals surface area contributed by atoms with Crippen LogP contribution in [0.2, 0.25) is 10.0 Å². The van der Waals surface area contributed by atoms with E-state index in [0.29, 0.717) is 23.1 Å². The molecule has 1 N–H and O–H groups in total. The molecule has 0 saturated carbocycles. The van der Waals surface area contributed by atoms with E-state index >= 15 is 0 Å². The lowest BCUT2D eigenvalue weighted by atomic mass is 9.84. The molecule has 130 valence electrons. The van der Waals surface area contributed by atoms with Crippen LogP contribution in [0.15, 0.2) is 36.4 Å². The summed E-state index contributed by atoms with van der Waals surface area (Å²) in [7, 11) is 2.09. The molecular weight excluding hydrogens is 357 g/mol. The molecule has 1 saturated heterocycles. The van der Waals surface area contributed by atoms with Crippen LogP contribution in [0.4, 0.5) is 10.5 Å². The van der Waals surface area contributed by atoms with Gasteiger partial charge in [0.05, 0.1) is 0 Å². The lowest BCUT2D eigenvalue weighted by Crippen LogP contribution is -2.33. The molecule has 2 heterocycles. The summed E-state index contributed by atoms with van der Waals surface area (Å²) >= 11 is 12.8. The molecule has 0 aliphatic carbocycles. The van der Waals surface area contributed by atoms with Gasteiger partial charge < -0.3 is 10.2 Å². The van der Waals surface area contributed by atoms with Gasteiger partial charge in [-0.1, -0.05) is 41.4 Å². The summed E-state index contributed by atoms with van der Waals surface area (Å²) < 4.78 is 0. The molecule has 0 aromatic heterocycles. The summed E-state index contributed by atoms with van der Waals surface area (Å²) in [4.78, 5) is 16.3. The molecule has 2 amide bonds. The standard InChI is InChI=1S/C19H19Cl2N3O/c1-23-10-15(14-8-12(20)9-17(21)16(14)11-23)13-4-2-3-5-18(13)24-7-6-22-19(24)25/h2-5,8-9,15H,6-7,10-11H2,1H3,(H,22,25). The van der Waals surface area contributed by atoms with Gasteiger partial charge in [-0.05, 0) is 41.9 Å². The molecular formula is C19H19Cl2N3O. The summed E-state index contributed by atoms with van der Waals surface area (Å²) in [5.74, 6) is 0.120. The smallest absolute Gasteiger partial charge is 0.322 e. The van der Waals surface area contributed by atoms with Crippen molar-refractivity contribution in [3.63, 3.8) is 0 Å². The molecule has 1 unspecified atom stereocenters. The quantitative estimate of drug-likeness (QED) is 0.857. The molecule has 1 fully saturated rings. The second-order valence-corrected chi connectivity index (χ2v) is 7.49. The van der Waals surface area contributed by atoms with E-state index in [1.165, 1.54) is 0 Å². The molecule has 1 atom stereocenters. The summed E-state index contributed by atoms with van der Waals surface area (Å²) in [5, 5.41) is 4.23. The third-order valence-electron chi connectivity index (χ3n) is 4.95. The Morgan fingerprint density at radius 1 is 1.16 bits per heavy atom. The van der Waals surface area contributed by atoms with Crippen molar-refractivity contribution < 1.29 is 4.79 Å². The Morgan fingerprint density at radius 3 is 2.72 bits per heavy atom. The number of nitrogens with zero attached hydrogens (tertiary/aromatic N) is 2. The first-order chi connectivity index (χ1) is 12.0. The topological polar surface area (TPSA) is 35.6 Å². The van der Waals surface area contributed by atoms with Crippen LogP contribution < -0.4 is 10.2 Å². The molecule has 0 bridgehead atoms. The van der Waals surface area contributed by atoms with Gasteiger partial charge in [0, 0.05) is 47.8 Å². The Hall–Kier alpha value is -1.75. The van der Waals surface area contributed by atoms with Crippen LogP contribution >= 0.6 is 23.2 Å². The van der Waals surface area contributed by atoms with Gasteiger partial charge in [0.25, 0.3) is 0 Å². The number of nitrogens with one attached hydrogen (secondary N) is 1. The predicted molar refractivity (Wildman–Crippen MR) is 102 cm³/mol. The van der Waals surface area contributed by atoms with Crippen molar-refractivity contribution in [1.29, 1.82) is 0 Å². The number of hydrogen-bond donors (Lipinski definition) is 1. The zero-order valence-corrected chi connectivity index (χ0v) is 15.4. The van der Waals surface area contributed by atoms with E-state index in [1.54, 1.807) is 6.07 Å². The number of likely N-dealkylation sites (N-methyl/N-ethyl adjacent to an activating group) is 1. The average molecular weight is 376 g/mol. The minimum atomic E-state index is -0.0408. The first-order valence-electron chi connectivity index (χ1n) is 8.35. The van der Waals surface area contributed by atoms with Gasteiger partial charge in [-0.2, -0.15) is 0 Å². The number of amides is 2. The van der Waals surface area contributed by atoms with Crippen molar-refractivity contribution in [2.75, 3.05) is 31.6 Å². The highest BCUT2D eigenvalue weighted by Gasteiger charge is 2.31. The second-order valence-electron chi connectivity index (χ2n) is 6.65. The molecule has 0 radical (unpaired) electrons. The molecule has 2 aliphatic heterocycles. The number of anilines is 1. The summed E-state index contributed by atoms with van der Waals surface area (Å²) in [6.07, 6.45) is 0. The molecule has 6 heteroatoms. The van der Waals surface area contributed by atoms with E-state index in [0.717, 1.165) is 35.5 Å². The average Bonchev–Trinajstić information content (AvgIpc) is 3.01. The SMILES string of the molecule is CN1Cc2c(Cl)cc(Cl)cc2C(c2ccccc2N2CCNC2=O)C1. The van der Waals surface area contributed by atoms with Crippen LogP contribution in [-0.2, 0) is 6.54 Å². The fourth-order valence-corrected chi connectivity index (χ4v) is 4.41. The van der Waals surface area contributed by atoms with Crippen LogP contribution in [0.25, 0.3) is 0 Å². The highest BCUT2D eigenvalue weighted by molar-refractivity contribution is 6.35. The third kappa shape index (κ3) is 2.99. The number of rotatable bonds is 2. The van der Waals surface area contributed by atoms with Gasteiger partial charge in [-0.25, -0.2) is 4.79 Å². The fourth-order valence-electron chi connectivity index (χ4n) is 3.84. The minimum absolute atomic E-state index is 0.0408. The van der Waals surface area contributed by atoms with Crippen molar-refractivity contribution in [2.45, 2.75) is 12.5 Å². The van der Waals surface area contributed by atoms with Gasteiger partial charge in [-0.3, -0.25) is 4.90 Å². The number of carbonyl (C=O) groups excluding carboxylic acids is 1. The fraction of sp³-hybridized carbons (Fsp3) is 0.316. The van der Waals surface area contributed by atoms with E-state index in [-0.39, 0.29) is 11.9 Å². The largest absolute Gasteiger partial charge is 0.336 e. The first-order valence-corrected chi connectivity index (χ1v) is 9.11. The molecule has 2 aromatic rings. The van der Waals surface area contributed by atoms with Crippen LogP contribution in [0.1, 0.15) is 22.6 Å². The number of urea groups is 1. The van der Waals surface area contributed by atoms with Crippen molar-refractivity contribution in [1.82, 2.24) is 10.2 Å². The summed E-state index contributed by atoms with van der Waals surface area (Å²) in [6.45, 7) is 3.01. The lowest BCUT2D eigenvalue weighted by Gasteiger charge is -2.35. The minimum Gasteiger partial charge on any atom is -0.336 e. The zero-order chi connectivity index (χ0) is 17.6.